The van der Waals surface area contributed by atoms with E-state index in [9.17, 15) is 9.90 Å². The van der Waals surface area contributed by atoms with Gasteiger partial charge in [-0.2, -0.15) is 0 Å². The monoisotopic (exact) mass is 231 g/mol. The van der Waals surface area contributed by atoms with Crippen molar-refractivity contribution >= 4 is 12.0 Å². The first-order valence-electron chi connectivity index (χ1n) is 5.97. The Morgan fingerprint density at radius 1 is 1.29 bits per heavy atom. The van der Waals surface area contributed by atoms with Gasteiger partial charge in [-0.15, -0.1) is 0 Å². The van der Waals surface area contributed by atoms with Crippen molar-refractivity contribution in [2.45, 2.75) is 31.4 Å². The number of hydrogen-bond acceptors (Lipinski definition) is 2. The molecule has 1 aromatic rings. The van der Waals surface area contributed by atoms with Crippen LogP contribution < -0.4 is 5.32 Å². The molecule has 0 bridgehead atoms. The summed E-state index contributed by atoms with van der Waals surface area (Å²) in [5.74, 6) is -0.139. The zero-order valence-electron chi connectivity index (χ0n) is 9.67. The Hall–Kier alpha value is -1.61. The molecule has 1 saturated carbocycles. The van der Waals surface area contributed by atoms with Gasteiger partial charge >= 0.3 is 0 Å². The van der Waals surface area contributed by atoms with E-state index in [1.165, 1.54) is 6.08 Å². The van der Waals surface area contributed by atoms with Crippen LogP contribution in [0.25, 0.3) is 6.08 Å². The highest BCUT2D eigenvalue weighted by Gasteiger charge is 2.25. The van der Waals surface area contributed by atoms with E-state index in [0.29, 0.717) is 0 Å². The standard InChI is InChI=1S/C14H17NO2/c16-13-8-4-7-12(13)15-14(17)10-9-11-5-2-1-3-6-11/h1-3,5-6,9-10,12-13,16H,4,7-8H2,(H,15,17). The van der Waals surface area contributed by atoms with Gasteiger partial charge in [0.25, 0.3) is 0 Å². The minimum absolute atomic E-state index is 0.0806. The Bertz CT molecular complexity index is 400. The van der Waals surface area contributed by atoms with Crippen molar-refractivity contribution in [3.63, 3.8) is 0 Å². The van der Waals surface area contributed by atoms with Gasteiger partial charge in [-0.3, -0.25) is 4.79 Å². The second-order valence-corrected chi connectivity index (χ2v) is 4.36. The first-order chi connectivity index (χ1) is 8.25. The molecule has 2 unspecified atom stereocenters. The lowest BCUT2D eigenvalue weighted by atomic mass is 10.2. The van der Waals surface area contributed by atoms with Crippen LogP contribution in [0.15, 0.2) is 36.4 Å². The number of carbonyl (C=O) groups is 1. The number of benzene rings is 1. The van der Waals surface area contributed by atoms with E-state index in [2.05, 4.69) is 5.32 Å². The minimum atomic E-state index is -0.385. The van der Waals surface area contributed by atoms with Crippen molar-refractivity contribution in [3.05, 3.63) is 42.0 Å². The Balaban J connectivity index is 1.87. The SMILES string of the molecule is O=C(C=Cc1ccccc1)NC1CCCC1O. The van der Waals surface area contributed by atoms with E-state index in [1.54, 1.807) is 6.08 Å². The molecular weight excluding hydrogens is 214 g/mol. The third-order valence-electron chi connectivity index (χ3n) is 3.03. The molecule has 2 atom stereocenters. The van der Waals surface area contributed by atoms with Gasteiger partial charge in [0.05, 0.1) is 12.1 Å². The van der Waals surface area contributed by atoms with E-state index < -0.39 is 0 Å². The molecule has 0 aromatic heterocycles. The normalized spacial score (nSPS) is 24.1. The summed E-state index contributed by atoms with van der Waals surface area (Å²) in [6.07, 6.45) is 5.54. The van der Waals surface area contributed by atoms with E-state index in [4.69, 9.17) is 0 Å². The van der Waals surface area contributed by atoms with Gasteiger partial charge in [0.2, 0.25) is 5.91 Å². The van der Waals surface area contributed by atoms with Crippen LogP contribution >= 0.6 is 0 Å². The second kappa shape index (κ2) is 5.64. The van der Waals surface area contributed by atoms with Gasteiger partial charge < -0.3 is 10.4 Å². The van der Waals surface area contributed by atoms with Crippen molar-refractivity contribution in [3.8, 4) is 0 Å². The molecule has 90 valence electrons. The highest BCUT2D eigenvalue weighted by atomic mass is 16.3. The van der Waals surface area contributed by atoms with Gasteiger partial charge in [0.15, 0.2) is 0 Å². The molecule has 0 heterocycles. The number of nitrogens with one attached hydrogen (secondary N) is 1. The molecule has 1 amide bonds. The molecule has 1 aliphatic rings. The molecule has 1 aliphatic carbocycles. The van der Waals surface area contributed by atoms with Crippen LogP contribution in [0.5, 0.6) is 0 Å². The molecule has 0 radical (unpaired) electrons. The summed E-state index contributed by atoms with van der Waals surface area (Å²) < 4.78 is 0. The third kappa shape index (κ3) is 3.43. The fraction of sp³-hybridized carbons (Fsp3) is 0.357. The topological polar surface area (TPSA) is 49.3 Å². The Morgan fingerprint density at radius 3 is 2.71 bits per heavy atom. The number of rotatable bonds is 3. The second-order valence-electron chi connectivity index (χ2n) is 4.36. The quantitative estimate of drug-likeness (QED) is 0.778. The average molecular weight is 231 g/mol. The Labute approximate surface area is 101 Å². The lowest BCUT2D eigenvalue weighted by molar-refractivity contribution is -0.117. The number of hydrogen-bond donors (Lipinski definition) is 2. The molecule has 3 nitrogen and oxygen atoms in total. The number of amides is 1. The minimum Gasteiger partial charge on any atom is -0.391 e. The zero-order valence-corrected chi connectivity index (χ0v) is 9.67. The van der Waals surface area contributed by atoms with E-state index in [1.807, 2.05) is 30.3 Å². The predicted octanol–water partition coefficient (Wildman–Crippen LogP) is 1.73. The maximum absolute atomic E-state index is 11.6. The number of aliphatic hydroxyl groups is 1. The van der Waals surface area contributed by atoms with Crippen LogP contribution in [-0.4, -0.2) is 23.2 Å². The van der Waals surface area contributed by atoms with E-state index in [0.717, 1.165) is 24.8 Å². The van der Waals surface area contributed by atoms with E-state index >= 15 is 0 Å². The molecule has 2 N–H and O–H groups in total. The highest BCUT2D eigenvalue weighted by molar-refractivity contribution is 5.91. The third-order valence-corrected chi connectivity index (χ3v) is 3.03. The predicted molar refractivity (Wildman–Crippen MR) is 67.3 cm³/mol. The van der Waals surface area contributed by atoms with Gasteiger partial charge in [-0.1, -0.05) is 30.3 Å². The molecule has 0 saturated heterocycles. The summed E-state index contributed by atoms with van der Waals surface area (Å²) in [6, 6.07) is 9.59. The van der Waals surface area contributed by atoms with Gasteiger partial charge in [-0.05, 0) is 30.9 Å². The summed E-state index contributed by atoms with van der Waals surface area (Å²) >= 11 is 0. The Morgan fingerprint density at radius 2 is 2.06 bits per heavy atom. The number of aliphatic hydroxyl groups excluding tert-OH is 1. The summed E-state index contributed by atoms with van der Waals surface area (Å²) in [4.78, 5) is 11.6. The molecule has 17 heavy (non-hydrogen) atoms. The van der Waals surface area contributed by atoms with Gasteiger partial charge in [0.1, 0.15) is 0 Å². The largest absolute Gasteiger partial charge is 0.391 e. The molecule has 3 heteroatoms. The highest BCUT2D eigenvalue weighted by Crippen LogP contribution is 2.18. The smallest absolute Gasteiger partial charge is 0.244 e. The summed E-state index contributed by atoms with van der Waals surface area (Å²) in [5, 5.41) is 12.4. The van der Waals surface area contributed by atoms with Gasteiger partial charge in [0, 0.05) is 6.08 Å². The maximum atomic E-state index is 11.6. The lowest BCUT2D eigenvalue weighted by Gasteiger charge is -2.14. The van der Waals surface area contributed by atoms with Crippen LogP contribution in [0, 0.1) is 0 Å². The van der Waals surface area contributed by atoms with Crippen LogP contribution in [-0.2, 0) is 4.79 Å². The summed E-state index contributed by atoms with van der Waals surface area (Å²) in [5.41, 5.74) is 0.995. The van der Waals surface area contributed by atoms with Crippen LogP contribution in [0.1, 0.15) is 24.8 Å². The molecule has 1 fully saturated rings. The van der Waals surface area contributed by atoms with Crippen LogP contribution in [0.3, 0.4) is 0 Å². The first-order valence-corrected chi connectivity index (χ1v) is 5.97. The fourth-order valence-electron chi connectivity index (χ4n) is 2.08. The molecular formula is C14H17NO2. The molecule has 1 aromatic carbocycles. The first kappa shape index (κ1) is 11.9. The van der Waals surface area contributed by atoms with Crippen molar-refractivity contribution in [1.29, 1.82) is 0 Å². The maximum Gasteiger partial charge on any atom is 0.244 e. The molecule has 2 rings (SSSR count). The van der Waals surface area contributed by atoms with Crippen LogP contribution in [0.2, 0.25) is 0 Å². The van der Waals surface area contributed by atoms with E-state index in [-0.39, 0.29) is 18.1 Å². The summed E-state index contributed by atoms with van der Waals surface area (Å²) in [6.45, 7) is 0. The average Bonchev–Trinajstić information content (AvgIpc) is 2.74. The Kier molecular flexibility index (Phi) is 3.94. The summed E-state index contributed by atoms with van der Waals surface area (Å²) in [7, 11) is 0. The van der Waals surface area contributed by atoms with Crippen molar-refractivity contribution < 1.29 is 9.90 Å². The fourth-order valence-corrected chi connectivity index (χ4v) is 2.08. The lowest BCUT2D eigenvalue weighted by Crippen LogP contribution is -2.38. The van der Waals surface area contributed by atoms with Crippen molar-refractivity contribution in [1.82, 2.24) is 5.32 Å². The van der Waals surface area contributed by atoms with Crippen LogP contribution in [0.4, 0.5) is 0 Å². The molecule has 0 spiro atoms. The van der Waals surface area contributed by atoms with Crippen molar-refractivity contribution in [2.75, 3.05) is 0 Å². The zero-order chi connectivity index (χ0) is 12.1. The molecule has 0 aliphatic heterocycles. The number of carbonyl (C=O) groups excluding carboxylic acids is 1. The van der Waals surface area contributed by atoms with Gasteiger partial charge in [-0.25, -0.2) is 0 Å². The van der Waals surface area contributed by atoms with Crippen molar-refractivity contribution in [2.24, 2.45) is 0 Å².